The van der Waals surface area contributed by atoms with Crippen molar-refractivity contribution in [2.45, 2.75) is 12.5 Å². The van der Waals surface area contributed by atoms with Crippen LogP contribution in [0.2, 0.25) is 0 Å². The van der Waals surface area contributed by atoms with Gasteiger partial charge in [0.1, 0.15) is 6.04 Å². The lowest BCUT2D eigenvalue weighted by Crippen LogP contribution is -2.41. The number of carbonyl (C=O) groups excluding carboxylic acids is 1. The van der Waals surface area contributed by atoms with Gasteiger partial charge in [-0.25, -0.2) is 4.98 Å². The van der Waals surface area contributed by atoms with Gasteiger partial charge in [0.25, 0.3) is 0 Å². The molecule has 2 unspecified atom stereocenters. The van der Waals surface area contributed by atoms with E-state index in [1.54, 1.807) is 7.05 Å². The number of rotatable bonds is 3. The van der Waals surface area contributed by atoms with Crippen LogP contribution < -0.4 is 5.32 Å². The van der Waals surface area contributed by atoms with Crippen molar-refractivity contribution < 1.29 is 9.21 Å². The maximum atomic E-state index is 12.6. The Balaban J connectivity index is 1.79. The summed E-state index contributed by atoms with van der Waals surface area (Å²) in [6.07, 6.45) is 4.38. The standard InChI is InChI=1S/C13H17N3O2S/c1-14-11-12-10(15-8-18-12)2-4-16(13(11)17)6-9-3-5-19-7-9/h3,5,8-9,11,14H,2,4,6-7H2,1H3. The van der Waals surface area contributed by atoms with Gasteiger partial charge in [-0.15, -0.1) is 11.8 Å². The van der Waals surface area contributed by atoms with Gasteiger partial charge in [0.15, 0.2) is 12.2 Å². The number of carbonyl (C=O) groups is 1. The lowest BCUT2D eigenvalue weighted by atomic mass is 10.1. The summed E-state index contributed by atoms with van der Waals surface area (Å²) in [4.78, 5) is 18.7. The van der Waals surface area contributed by atoms with E-state index >= 15 is 0 Å². The maximum Gasteiger partial charge on any atom is 0.247 e. The Hall–Kier alpha value is -1.27. The molecule has 3 heterocycles. The van der Waals surface area contributed by atoms with E-state index in [0.29, 0.717) is 18.2 Å². The predicted molar refractivity (Wildman–Crippen MR) is 73.7 cm³/mol. The molecule has 0 saturated heterocycles. The number of fused-ring (bicyclic) bond motifs is 1. The van der Waals surface area contributed by atoms with Crippen LogP contribution in [0, 0.1) is 5.92 Å². The second kappa shape index (κ2) is 5.38. The third-order valence-electron chi connectivity index (χ3n) is 3.61. The highest BCUT2D eigenvalue weighted by Crippen LogP contribution is 2.26. The van der Waals surface area contributed by atoms with E-state index < -0.39 is 6.04 Å². The topological polar surface area (TPSA) is 58.4 Å². The molecule has 0 aliphatic carbocycles. The van der Waals surface area contributed by atoms with Crippen molar-refractivity contribution in [1.82, 2.24) is 15.2 Å². The van der Waals surface area contributed by atoms with Crippen LogP contribution in [0.3, 0.4) is 0 Å². The minimum absolute atomic E-state index is 0.0864. The average molecular weight is 279 g/mol. The van der Waals surface area contributed by atoms with E-state index in [1.165, 1.54) is 6.39 Å². The molecule has 0 bridgehead atoms. The number of oxazole rings is 1. The first-order chi connectivity index (χ1) is 9.29. The highest BCUT2D eigenvalue weighted by molar-refractivity contribution is 8.02. The van der Waals surface area contributed by atoms with Crippen LogP contribution in [-0.2, 0) is 11.2 Å². The van der Waals surface area contributed by atoms with Crippen LogP contribution in [0.4, 0.5) is 0 Å². The molecule has 0 radical (unpaired) electrons. The molecule has 0 fully saturated rings. The number of likely N-dealkylation sites (N-methyl/N-ethyl adjacent to an activating group) is 1. The molecule has 1 N–H and O–H groups in total. The summed E-state index contributed by atoms with van der Waals surface area (Å²) in [7, 11) is 1.78. The molecular weight excluding hydrogens is 262 g/mol. The number of nitrogens with zero attached hydrogens (tertiary/aromatic N) is 2. The predicted octanol–water partition coefficient (Wildman–Crippen LogP) is 1.20. The van der Waals surface area contributed by atoms with Crippen molar-refractivity contribution in [2.24, 2.45) is 5.92 Å². The molecule has 6 heteroatoms. The van der Waals surface area contributed by atoms with Crippen LogP contribution in [0.25, 0.3) is 0 Å². The molecule has 0 spiro atoms. The van der Waals surface area contributed by atoms with Gasteiger partial charge < -0.3 is 14.6 Å². The fraction of sp³-hybridized carbons (Fsp3) is 0.538. The van der Waals surface area contributed by atoms with Crippen molar-refractivity contribution in [3.05, 3.63) is 29.3 Å². The Labute approximate surface area is 116 Å². The molecule has 1 amide bonds. The smallest absolute Gasteiger partial charge is 0.247 e. The largest absolute Gasteiger partial charge is 0.446 e. The monoisotopic (exact) mass is 279 g/mol. The van der Waals surface area contributed by atoms with Gasteiger partial charge in [-0.05, 0) is 12.5 Å². The van der Waals surface area contributed by atoms with Gasteiger partial charge in [-0.1, -0.05) is 6.08 Å². The number of amides is 1. The van der Waals surface area contributed by atoms with E-state index in [4.69, 9.17) is 4.42 Å². The van der Waals surface area contributed by atoms with Gasteiger partial charge in [-0.3, -0.25) is 4.79 Å². The second-order valence-electron chi connectivity index (χ2n) is 4.84. The zero-order valence-electron chi connectivity index (χ0n) is 10.8. The fourth-order valence-electron chi connectivity index (χ4n) is 2.58. The van der Waals surface area contributed by atoms with Crippen LogP contribution in [0.1, 0.15) is 17.5 Å². The first kappa shape index (κ1) is 12.7. The molecule has 0 saturated carbocycles. The first-order valence-corrected chi connectivity index (χ1v) is 7.51. The molecular formula is C13H17N3O2S. The second-order valence-corrected chi connectivity index (χ2v) is 5.78. The van der Waals surface area contributed by atoms with Crippen LogP contribution in [0.5, 0.6) is 0 Å². The third kappa shape index (κ3) is 2.42. The first-order valence-electron chi connectivity index (χ1n) is 6.46. The SMILES string of the molecule is CNC1C(=O)N(CC2C=CSC2)CCc2ncoc21. The number of aromatic nitrogens is 1. The van der Waals surface area contributed by atoms with Gasteiger partial charge in [0.05, 0.1) is 5.69 Å². The summed E-state index contributed by atoms with van der Waals surface area (Å²) < 4.78 is 5.39. The third-order valence-corrected chi connectivity index (χ3v) is 4.58. The minimum atomic E-state index is -0.405. The van der Waals surface area contributed by atoms with Crippen LogP contribution in [0.15, 0.2) is 22.3 Å². The Morgan fingerprint density at radius 1 is 1.63 bits per heavy atom. The van der Waals surface area contributed by atoms with Crippen molar-refractivity contribution in [3.63, 3.8) is 0 Å². The summed E-state index contributed by atoms with van der Waals surface area (Å²) in [6, 6.07) is -0.405. The molecule has 1 aromatic heterocycles. The van der Waals surface area contributed by atoms with Gasteiger partial charge in [0.2, 0.25) is 5.91 Å². The van der Waals surface area contributed by atoms with Gasteiger partial charge in [-0.2, -0.15) is 0 Å². The lowest BCUT2D eigenvalue weighted by molar-refractivity contribution is -0.133. The van der Waals surface area contributed by atoms with E-state index in [1.807, 2.05) is 16.7 Å². The van der Waals surface area contributed by atoms with Crippen molar-refractivity contribution in [2.75, 3.05) is 25.9 Å². The Morgan fingerprint density at radius 3 is 3.26 bits per heavy atom. The number of hydrogen-bond acceptors (Lipinski definition) is 5. The molecule has 2 aliphatic rings. The van der Waals surface area contributed by atoms with Crippen LogP contribution >= 0.6 is 11.8 Å². The molecule has 3 rings (SSSR count). The molecule has 102 valence electrons. The Kier molecular flexibility index (Phi) is 3.61. The van der Waals surface area contributed by atoms with Crippen molar-refractivity contribution in [3.8, 4) is 0 Å². The quantitative estimate of drug-likeness (QED) is 0.901. The van der Waals surface area contributed by atoms with E-state index in [2.05, 4.69) is 21.8 Å². The zero-order chi connectivity index (χ0) is 13.2. The highest BCUT2D eigenvalue weighted by Gasteiger charge is 2.33. The summed E-state index contributed by atoms with van der Waals surface area (Å²) in [6.45, 7) is 1.50. The fourth-order valence-corrected chi connectivity index (χ4v) is 3.49. The number of thioether (sulfide) groups is 1. The minimum Gasteiger partial charge on any atom is -0.446 e. The van der Waals surface area contributed by atoms with E-state index in [9.17, 15) is 4.79 Å². The maximum absolute atomic E-state index is 12.6. The molecule has 5 nitrogen and oxygen atoms in total. The number of hydrogen-bond donors (Lipinski definition) is 1. The van der Waals surface area contributed by atoms with Gasteiger partial charge >= 0.3 is 0 Å². The van der Waals surface area contributed by atoms with Crippen LogP contribution in [-0.4, -0.2) is 41.7 Å². The van der Waals surface area contributed by atoms with Gasteiger partial charge in [0, 0.05) is 31.2 Å². The molecule has 19 heavy (non-hydrogen) atoms. The summed E-state index contributed by atoms with van der Waals surface area (Å²) in [5.74, 6) is 2.29. The molecule has 0 aromatic carbocycles. The van der Waals surface area contributed by atoms with E-state index in [0.717, 1.165) is 24.4 Å². The molecule has 1 aromatic rings. The molecule has 2 aliphatic heterocycles. The normalized spacial score (nSPS) is 26.6. The van der Waals surface area contributed by atoms with Crippen molar-refractivity contribution in [1.29, 1.82) is 0 Å². The zero-order valence-corrected chi connectivity index (χ0v) is 11.7. The summed E-state index contributed by atoms with van der Waals surface area (Å²) in [5.41, 5.74) is 0.895. The Morgan fingerprint density at radius 2 is 2.53 bits per heavy atom. The number of nitrogens with one attached hydrogen (secondary N) is 1. The summed E-state index contributed by atoms with van der Waals surface area (Å²) in [5, 5.41) is 5.16. The van der Waals surface area contributed by atoms with Crippen molar-refractivity contribution >= 4 is 17.7 Å². The van der Waals surface area contributed by atoms with E-state index in [-0.39, 0.29) is 5.91 Å². The summed E-state index contributed by atoms with van der Waals surface area (Å²) >= 11 is 1.81. The highest BCUT2D eigenvalue weighted by atomic mass is 32.2. The average Bonchev–Trinajstić information content (AvgIpc) is 3.04. The molecule has 2 atom stereocenters. The lowest BCUT2D eigenvalue weighted by Gasteiger charge is -2.25. The Bertz CT molecular complexity index is 500.